The summed E-state index contributed by atoms with van der Waals surface area (Å²) in [5.41, 5.74) is 0. The lowest BCUT2D eigenvalue weighted by atomic mass is 10.0. The molecular weight excluding hydrogens is 889 g/mol. The van der Waals surface area contributed by atoms with E-state index in [2.05, 4.69) is 106 Å². The highest BCUT2D eigenvalue weighted by atomic mass is 16.6. The van der Waals surface area contributed by atoms with E-state index in [1.165, 1.54) is 154 Å². The Morgan fingerprint density at radius 1 is 0.292 bits per heavy atom. The van der Waals surface area contributed by atoms with Crippen LogP contribution in [-0.2, 0) is 28.6 Å². The summed E-state index contributed by atoms with van der Waals surface area (Å²) in [7, 11) is 0. The number of unbranched alkanes of at least 4 members (excludes halogenated alkanes) is 30. The van der Waals surface area contributed by atoms with Crippen LogP contribution in [0.25, 0.3) is 0 Å². The Hall–Kier alpha value is -3.41. The van der Waals surface area contributed by atoms with Crippen molar-refractivity contribution in [2.45, 2.75) is 303 Å². The molecule has 0 bridgehead atoms. The highest BCUT2D eigenvalue weighted by molar-refractivity contribution is 5.71. The van der Waals surface area contributed by atoms with E-state index in [-0.39, 0.29) is 37.5 Å². The van der Waals surface area contributed by atoms with Crippen molar-refractivity contribution in [2.75, 3.05) is 13.2 Å². The molecule has 0 fully saturated rings. The molecule has 6 nitrogen and oxygen atoms in total. The van der Waals surface area contributed by atoms with E-state index in [1.807, 2.05) is 0 Å². The Bertz CT molecular complexity index is 1380. The molecule has 0 spiro atoms. The number of hydrogen-bond acceptors (Lipinski definition) is 6. The Morgan fingerprint density at radius 2 is 0.542 bits per heavy atom. The molecule has 0 radical (unpaired) electrons. The molecule has 0 aliphatic rings. The fourth-order valence-corrected chi connectivity index (χ4v) is 8.52. The SMILES string of the molecule is CC/C=C\C/C=C\C/C=C\C/C=C\C/C=C\CCCCCC(=O)OC(COC(=O)CCCCCCC/C=C\CCCCC)COC(=O)CCCCCCCCCCCCC/C=C\CCCCCCCCCC. The van der Waals surface area contributed by atoms with E-state index in [1.54, 1.807) is 0 Å². The van der Waals surface area contributed by atoms with Gasteiger partial charge in [-0.15, -0.1) is 0 Å². The van der Waals surface area contributed by atoms with Crippen LogP contribution < -0.4 is 0 Å². The molecular formula is C66H114O6. The van der Waals surface area contributed by atoms with Gasteiger partial charge in [-0.05, 0) is 116 Å². The molecule has 1 unspecified atom stereocenters. The van der Waals surface area contributed by atoms with E-state index < -0.39 is 6.10 Å². The number of esters is 3. The van der Waals surface area contributed by atoms with Gasteiger partial charge < -0.3 is 14.2 Å². The number of ether oxygens (including phenoxy) is 3. The summed E-state index contributed by atoms with van der Waals surface area (Å²) < 4.78 is 16.9. The predicted octanol–water partition coefficient (Wildman–Crippen LogP) is 20.7. The standard InChI is InChI=1S/C66H114O6/c1-4-7-10-13-16-19-22-25-27-29-31-32-33-34-36-37-39-41-44-47-50-53-56-59-65(68)71-62-63(61-70-64(67)58-55-52-49-46-43-24-21-18-15-12-9-6-3)72-66(69)60-57-54-51-48-45-42-40-38-35-30-28-26-23-20-17-14-11-8-5-2/h8,11,17-18,20-21,26,28-29,31,35,38,42,45,63H,4-7,9-10,12-16,19,22-25,27,30,32-34,36-37,39-41,43-44,46-62H2,1-3H3/b11-8-,20-17-,21-18-,28-26-,31-29-,38-35-,45-42-. The molecule has 0 aliphatic heterocycles. The molecule has 414 valence electrons. The molecule has 0 N–H and O–H groups in total. The molecule has 0 saturated carbocycles. The Labute approximate surface area is 445 Å². The third-order valence-electron chi connectivity index (χ3n) is 13.1. The van der Waals surface area contributed by atoms with E-state index in [4.69, 9.17) is 14.2 Å². The first-order valence-corrected chi connectivity index (χ1v) is 30.6. The molecule has 6 heteroatoms. The fraction of sp³-hybridized carbons (Fsp3) is 0.742. The third-order valence-corrected chi connectivity index (χ3v) is 13.1. The summed E-state index contributed by atoms with van der Waals surface area (Å²) in [6.07, 6.45) is 78.7. The van der Waals surface area contributed by atoms with Crippen LogP contribution in [-0.4, -0.2) is 37.2 Å². The van der Waals surface area contributed by atoms with Gasteiger partial charge in [-0.3, -0.25) is 14.4 Å². The monoisotopic (exact) mass is 1000 g/mol. The maximum atomic E-state index is 12.9. The smallest absolute Gasteiger partial charge is 0.306 e. The van der Waals surface area contributed by atoms with Crippen LogP contribution in [0.5, 0.6) is 0 Å². The van der Waals surface area contributed by atoms with Crippen molar-refractivity contribution in [2.24, 2.45) is 0 Å². The summed E-state index contributed by atoms with van der Waals surface area (Å²) in [6, 6.07) is 0. The van der Waals surface area contributed by atoms with Crippen LogP contribution in [0.4, 0.5) is 0 Å². The van der Waals surface area contributed by atoms with Gasteiger partial charge in [0.05, 0.1) is 0 Å². The highest BCUT2D eigenvalue weighted by Crippen LogP contribution is 2.16. The summed E-state index contributed by atoms with van der Waals surface area (Å²) >= 11 is 0. The first kappa shape index (κ1) is 68.6. The Morgan fingerprint density at radius 3 is 0.903 bits per heavy atom. The Balaban J connectivity index is 4.36. The van der Waals surface area contributed by atoms with Crippen molar-refractivity contribution in [3.8, 4) is 0 Å². The van der Waals surface area contributed by atoms with Crippen LogP contribution >= 0.6 is 0 Å². The van der Waals surface area contributed by atoms with Gasteiger partial charge in [-0.25, -0.2) is 0 Å². The number of hydrogen-bond donors (Lipinski definition) is 0. The van der Waals surface area contributed by atoms with Crippen molar-refractivity contribution in [1.82, 2.24) is 0 Å². The lowest BCUT2D eigenvalue weighted by molar-refractivity contribution is -0.167. The van der Waals surface area contributed by atoms with Crippen molar-refractivity contribution in [3.05, 3.63) is 85.1 Å². The molecule has 0 rings (SSSR count). The zero-order valence-corrected chi connectivity index (χ0v) is 47.4. The number of carbonyl (C=O) groups is 3. The molecule has 72 heavy (non-hydrogen) atoms. The number of carbonyl (C=O) groups excluding carboxylic acids is 3. The first-order chi connectivity index (χ1) is 35.5. The topological polar surface area (TPSA) is 78.9 Å². The van der Waals surface area contributed by atoms with Crippen LogP contribution in [0.3, 0.4) is 0 Å². The van der Waals surface area contributed by atoms with Gasteiger partial charge in [-0.1, -0.05) is 247 Å². The zero-order valence-electron chi connectivity index (χ0n) is 47.4. The minimum atomic E-state index is -0.798. The maximum absolute atomic E-state index is 12.9. The zero-order chi connectivity index (χ0) is 52.2. The maximum Gasteiger partial charge on any atom is 0.306 e. The lowest BCUT2D eigenvalue weighted by Gasteiger charge is -2.18. The summed E-state index contributed by atoms with van der Waals surface area (Å²) in [6.45, 7) is 6.49. The molecule has 1 atom stereocenters. The largest absolute Gasteiger partial charge is 0.462 e. The lowest BCUT2D eigenvalue weighted by Crippen LogP contribution is -2.30. The average Bonchev–Trinajstić information content (AvgIpc) is 3.38. The van der Waals surface area contributed by atoms with Crippen LogP contribution in [0, 0.1) is 0 Å². The van der Waals surface area contributed by atoms with Gasteiger partial charge in [-0.2, -0.15) is 0 Å². The fourth-order valence-electron chi connectivity index (χ4n) is 8.52. The van der Waals surface area contributed by atoms with E-state index >= 15 is 0 Å². The molecule has 0 aromatic carbocycles. The van der Waals surface area contributed by atoms with Crippen LogP contribution in [0.2, 0.25) is 0 Å². The molecule has 0 amide bonds. The van der Waals surface area contributed by atoms with Crippen molar-refractivity contribution < 1.29 is 28.6 Å². The Kier molecular flexibility index (Phi) is 57.3. The molecule has 0 aromatic rings. The van der Waals surface area contributed by atoms with E-state index in [9.17, 15) is 14.4 Å². The molecule has 0 saturated heterocycles. The van der Waals surface area contributed by atoms with Gasteiger partial charge in [0.25, 0.3) is 0 Å². The van der Waals surface area contributed by atoms with Gasteiger partial charge in [0, 0.05) is 19.3 Å². The van der Waals surface area contributed by atoms with Gasteiger partial charge >= 0.3 is 17.9 Å². The highest BCUT2D eigenvalue weighted by Gasteiger charge is 2.19. The van der Waals surface area contributed by atoms with Crippen molar-refractivity contribution in [3.63, 3.8) is 0 Å². The average molecular weight is 1000 g/mol. The summed E-state index contributed by atoms with van der Waals surface area (Å²) in [4.78, 5) is 38.2. The second kappa shape index (κ2) is 60.1. The third kappa shape index (κ3) is 57.5. The molecule has 0 heterocycles. The van der Waals surface area contributed by atoms with Gasteiger partial charge in [0.1, 0.15) is 13.2 Å². The first-order valence-electron chi connectivity index (χ1n) is 30.6. The summed E-state index contributed by atoms with van der Waals surface area (Å²) in [5.74, 6) is -0.927. The van der Waals surface area contributed by atoms with E-state index in [0.717, 1.165) is 103 Å². The second-order valence-corrected chi connectivity index (χ2v) is 20.2. The minimum absolute atomic E-state index is 0.0922. The predicted molar refractivity (Wildman–Crippen MR) is 311 cm³/mol. The van der Waals surface area contributed by atoms with Crippen LogP contribution in [0.15, 0.2) is 85.1 Å². The van der Waals surface area contributed by atoms with Gasteiger partial charge in [0.2, 0.25) is 0 Å². The van der Waals surface area contributed by atoms with Crippen molar-refractivity contribution >= 4 is 17.9 Å². The number of allylic oxidation sites excluding steroid dienone is 14. The quantitative estimate of drug-likeness (QED) is 0.0261. The summed E-state index contributed by atoms with van der Waals surface area (Å²) in [5, 5.41) is 0. The normalized spacial score (nSPS) is 12.7. The van der Waals surface area contributed by atoms with Gasteiger partial charge in [0.15, 0.2) is 6.10 Å². The van der Waals surface area contributed by atoms with Crippen LogP contribution in [0.1, 0.15) is 297 Å². The molecule has 0 aromatic heterocycles. The van der Waals surface area contributed by atoms with Crippen molar-refractivity contribution in [1.29, 1.82) is 0 Å². The minimum Gasteiger partial charge on any atom is -0.462 e. The number of rotatable bonds is 55. The van der Waals surface area contributed by atoms with E-state index in [0.29, 0.717) is 12.8 Å². The molecule has 0 aliphatic carbocycles. The second-order valence-electron chi connectivity index (χ2n) is 20.2.